The zero-order chi connectivity index (χ0) is 15.1. The van der Waals surface area contributed by atoms with Gasteiger partial charge in [-0.2, -0.15) is 4.98 Å². The Morgan fingerprint density at radius 1 is 1.20 bits per heavy atom. The van der Waals surface area contributed by atoms with Gasteiger partial charge in [0, 0.05) is 19.6 Å². The fraction of sp³-hybridized carbons (Fsp3) is 0.667. The predicted octanol–water partition coefficient (Wildman–Crippen LogP) is 2.23. The summed E-state index contributed by atoms with van der Waals surface area (Å²) in [7, 11) is 4.15. The number of likely N-dealkylation sites (N-methyl/N-ethyl adjacent to an activating group) is 1. The molecule has 20 heavy (non-hydrogen) atoms. The van der Waals surface area contributed by atoms with Gasteiger partial charge in [-0.05, 0) is 46.5 Å². The molecule has 0 saturated carbocycles. The first-order valence-electron chi connectivity index (χ1n) is 7.26. The monoisotopic (exact) mass is 280 g/mol. The number of hydrogen-bond acceptors (Lipinski definition) is 5. The molecule has 5 nitrogen and oxygen atoms in total. The van der Waals surface area contributed by atoms with E-state index in [1.807, 2.05) is 26.0 Å². The molecule has 0 atom stereocenters. The standard InChI is InChI=1S/C15H28N4O/c1-6-9-19(11-10-18(4)5)14-8-7-13(16)15(17-14)20-12(2)3/h7-8,12H,6,9-11,16H2,1-5H3. The molecule has 0 amide bonds. The van der Waals surface area contributed by atoms with Crippen molar-refractivity contribution in [2.75, 3.05) is 44.4 Å². The summed E-state index contributed by atoms with van der Waals surface area (Å²) in [4.78, 5) is 9.01. The number of ether oxygens (including phenoxy) is 1. The van der Waals surface area contributed by atoms with E-state index in [1.54, 1.807) is 0 Å². The minimum Gasteiger partial charge on any atom is -0.473 e. The first-order valence-corrected chi connectivity index (χ1v) is 7.26. The highest BCUT2D eigenvalue weighted by Crippen LogP contribution is 2.24. The van der Waals surface area contributed by atoms with Crippen LogP contribution in [0.1, 0.15) is 27.2 Å². The highest BCUT2D eigenvalue weighted by Gasteiger charge is 2.12. The fourth-order valence-electron chi connectivity index (χ4n) is 1.87. The average Bonchev–Trinajstić information content (AvgIpc) is 2.36. The summed E-state index contributed by atoms with van der Waals surface area (Å²) in [6, 6.07) is 3.84. The van der Waals surface area contributed by atoms with E-state index >= 15 is 0 Å². The second-order valence-corrected chi connectivity index (χ2v) is 5.52. The predicted molar refractivity (Wildman–Crippen MR) is 85.5 cm³/mol. The van der Waals surface area contributed by atoms with Gasteiger partial charge in [0.25, 0.3) is 0 Å². The first kappa shape index (κ1) is 16.6. The summed E-state index contributed by atoms with van der Waals surface area (Å²) >= 11 is 0. The zero-order valence-corrected chi connectivity index (χ0v) is 13.4. The summed E-state index contributed by atoms with van der Waals surface area (Å²) in [6.45, 7) is 9.04. The van der Waals surface area contributed by atoms with Crippen molar-refractivity contribution in [3.8, 4) is 5.88 Å². The molecule has 1 aromatic rings. The van der Waals surface area contributed by atoms with Crippen LogP contribution >= 0.6 is 0 Å². The molecule has 0 aliphatic rings. The smallest absolute Gasteiger partial charge is 0.239 e. The molecule has 0 fully saturated rings. The van der Waals surface area contributed by atoms with E-state index in [2.05, 4.69) is 35.8 Å². The second kappa shape index (κ2) is 7.94. The number of nitrogens with zero attached hydrogens (tertiary/aromatic N) is 3. The number of aromatic nitrogens is 1. The Balaban J connectivity index is 2.89. The molecule has 0 radical (unpaired) electrons. The lowest BCUT2D eigenvalue weighted by molar-refractivity contribution is 0.234. The normalized spacial score (nSPS) is 11.2. The van der Waals surface area contributed by atoms with Gasteiger partial charge < -0.3 is 20.3 Å². The third-order valence-electron chi connectivity index (χ3n) is 2.86. The minimum atomic E-state index is 0.0708. The molecule has 0 aliphatic carbocycles. The summed E-state index contributed by atoms with van der Waals surface area (Å²) in [5.74, 6) is 1.46. The van der Waals surface area contributed by atoms with Crippen LogP contribution in [0.5, 0.6) is 5.88 Å². The molecule has 114 valence electrons. The van der Waals surface area contributed by atoms with Crippen LogP contribution in [0.4, 0.5) is 11.5 Å². The number of rotatable bonds is 8. The zero-order valence-electron chi connectivity index (χ0n) is 13.4. The third kappa shape index (κ3) is 5.25. The van der Waals surface area contributed by atoms with Crippen LogP contribution in [0.2, 0.25) is 0 Å². The summed E-state index contributed by atoms with van der Waals surface area (Å²) < 4.78 is 5.67. The van der Waals surface area contributed by atoms with Crippen molar-refractivity contribution in [3.05, 3.63) is 12.1 Å². The molecule has 2 N–H and O–H groups in total. The van der Waals surface area contributed by atoms with Gasteiger partial charge in [-0.3, -0.25) is 0 Å². The van der Waals surface area contributed by atoms with E-state index < -0.39 is 0 Å². The lowest BCUT2D eigenvalue weighted by Gasteiger charge is -2.25. The Labute approximate surface area is 122 Å². The SMILES string of the molecule is CCCN(CCN(C)C)c1ccc(N)c(OC(C)C)n1. The second-order valence-electron chi connectivity index (χ2n) is 5.52. The van der Waals surface area contributed by atoms with E-state index in [-0.39, 0.29) is 6.10 Å². The molecular weight excluding hydrogens is 252 g/mol. The van der Waals surface area contributed by atoms with E-state index in [4.69, 9.17) is 10.5 Å². The maximum absolute atomic E-state index is 5.92. The van der Waals surface area contributed by atoms with Crippen LogP contribution in [0, 0.1) is 0 Å². The van der Waals surface area contributed by atoms with Crippen LogP contribution in [-0.4, -0.2) is 49.7 Å². The highest BCUT2D eigenvalue weighted by atomic mass is 16.5. The molecular formula is C15H28N4O. The number of pyridine rings is 1. The van der Waals surface area contributed by atoms with E-state index in [1.165, 1.54) is 0 Å². The number of nitrogens with two attached hydrogens (primary N) is 1. The topological polar surface area (TPSA) is 54.6 Å². The Hall–Kier alpha value is -1.49. The van der Waals surface area contributed by atoms with Crippen LogP contribution in [0.25, 0.3) is 0 Å². The third-order valence-corrected chi connectivity index (χ3v) is 2.86. The van der Waals surface area contributed by atoms with Gasteiger partial charge in [0.2, 0.25) is 5.88 Å². The van der Waals surface area contributed by atoms with Crippen molar-refractivity contribution >= 4 is 11.5 Å². The lowest BCUT2D eigenvalue weighted by atomic mass is 10.3. The molecule has 0 bridgehead atoms. The van der Waals surface area contributed by atoms with Gasteiger partial charge in [0.1, 0.15) is 5.82 Å². The molecule has 0 saturated heterocycles. The maximum Gasteiger partial charge on any atom is 0.239 e. The van der Waals surface area contributed by atoms with Gasteiger partial charge in [0.05, 0.1) is 11.8 Å². The number of nitrogen functional groups attached to an aromatic ring is 1. The molecule has 0 spiro atoms. The Morgan fingerprint density at radius 2 is 1.90 bits per heavy atom. The van der Waals surface area contributed by atoms with Crippen LogP contribution < -0.4 is 15.4 Å². The van der Waals surface area contributed by atoms with Gasteiger partial charge >= 0.3 is 0 Å². The van der Waals surface area contributed by atoms with Crippen molar-refractivity contribution in [2.24, 2.45) is 0 Å². The van der Waals surface area contributed by atoms with Crippen molar-refractivity contribution in [3.63, 3.8) is 0 Å². The first-order chi connectivity index (χ1) is 9.43. The van der Waals surface area contributed by atoms with Crippen LogP contribution in [-0.2, 0) is 0 Å². The van der Waals surface area contributed by atoms with Crippen LogP contribution in [0.15, 0.2) is 12.1 Å². The Bertz CT molecular complexity index is 407. The number of hydrogen-bond donors (Lipinski definition) is 1. The lowest BCUT2D eigenvalue weighted by Crippen LogP contribution is -2.33. The molecule has 1 heterocycles. The Kier molecular flexibility index (Phi) is 6.58. The van der Waals surface area contributed by atoms with Crippen molar-refractivity contribution in [2.45, 2.75) is 33.3 Å². The molecule has 0 aromatic carbocycles. The molecule has 0 aliphatic heterocycles. The molecule has 0 unspecified atom stereocenters. The molecule has 1 rings (SSSR count). The minimum absolute atomic E-state index is 0.0708. The van der Waals surface area contributed by atoms with Gasteiger partial charge in [-0.25, -0.2) is 0 Å². The summed E-state index contributed by atoms with van der Waals surface area (Å²) in [5.41, 5.74) is 6.51. The number of anilines is 2. The van der Waals surface area contributed by atoms with E-state index in [0.717, 1.165) is 31.9 Å². The van der Waals surface area contributed by atoms with Crippen LogP contribution in [0.3, 0.4) is 0 Å². The van der Waals surface area contributed by atoms with Crippen molar-refractivity contribution < 1.29 is 4.74 Å². The fourth-order valence-corrected chi connectivity index (χ4v) is 1.87. The maximum atomic E-state index is 5.92. The largest absolute Gasteiger partial charge is 0.473 e. The van der Waals surface area contributed by atoms with E-state index in [9.17, 15) is 0 Å². The summed E-state index contributed by atoms with van der Waals surface area (Å²) in [6.07, 6.45) is 1.15. The van der Waals surface area contributed by atoms with Gasteiger partial charge in [-0.15, -0.1) is 0 Å². The summed E-state index contributed by atoms with van der Waals surface area (Å²) in [5, 5.41) is 0. The quantitative estimate of drug-likeness (QED) is 0.791. The highest BCUT2D eigenvalue weighted by molar-refractivity contribution is 5.54. The molecule has 5 heteroatoms. The van der Waals surface area contributed by atoms with Gasteiger partial charge in [-0.1, -0.05) is 6.92 Å². The Morgan fingerprint density at radius 3 is 2.45 bits per heavy atom. The van der Waals surface area contributed by atoms with E-state index in [0.29, 0.717) is 11.6 Å². The van der Waals surface area contributed by atoms with Gasteiger partial charge in [0.15, 0.2) is 0 Å². The average molecular weight is 280 g/mol. The van der Waals surface area contributed by atoms with Crippen molar-refractivity contribution in [1.82, 2.24) is 9.88 Å². The molecule has 1 aromatic heterocycles. The van der Waals surface area contributed by atoms with Crippen molar-refractivity contribution in [1.29, 1.82) is 0 Å².